The van der Waals surface area contributed by atoms with Crippen molar-refractivity contribution in [1.29, 1.82) is 5.26 Å². The van der Waals surface area contributed by atoms with Gasteiger partial charge in [-0.25, -0.2) is 0 Å². The molecule has 0 aliphatic rings. The van der Waals surface area contributed by atoms with Gasteiger partial charge in [0.25, 0.3) is 0 Å². The zero-order valence-corrected chi connectivity index (χ0v) is 7.64. The highest BCUT2D eigenvalue weighted by Gasteiger charge is 2.03. The lowest BCUT2D eigenvalue weighted by Gasteiger charge is -2.19. The van der Waals surface area contributed by atoms with Crippen LogP contribution in [-0.2, 0) is 0 Å². The number of rotatable bonds is 4. The van der Waals surface area contributed by atoms with Crippen molar-refractivity contribution in [3.63, 3.8) is 0 Å². The molecule has 0 unspecified atom stereocenters. The van der Waals surface area contributed by atoms with Crippen LogP contribution in [0.4, 0.5) is 5.82 Å². The first-order chi connectivity index (χ1) is 6.38. The highest BCUT2D eigenvalue weighted by Crippen LogP contribution is 2.07. The van der Waals surface area contributed by atoms with Gasteiger partial charge < -0.3 is 4.90 Å². The average molecular weight is 176 g/mol. The minimum Gasteiger partial charge on any atom is -0.354 e. The summed E-state index contributed by atoms with van der Waals surface area (Å²) in [6.45, 7) is 3.60. The number of nitrogens with zero attached hydrogens (tertiary/aromatic N) is 4. The molecular weight excluding hydrogens is 164 g/mol. The highest BCUT2D eigenvalue weighted by atomic mass is 15.2. The average Bonchev–Trinajstić information content (AvgIpc) is 2.21. The second kappa shape index (κ2) is 5.09. The van der Waals surface area contributed by atoms with Crippen molar-refractivity contribution in [1.82, 2.24) is 10.2 Å². The maximum Gasteiger partial charge on any atom is 0.151 e. The van der Waals surface area contributed by atoms with E-state index >= 15 is 0 Å². The minimum absolute atomic E-state index is 0.518. The first-order valence-corrected chi connectivity index (χ1v) is 4.28. The van der Waals surface area contributed by atoms with Crippen LogP contribution in [0.25, 0.3) is 0 Å². The third kappa shape index (κ3) is 2.71. The molecule has 0 saturated carbocycles. The molecule has 0 bridgehead atoms. The Morgan fingerprint density at radius 2 is 2.46 bits per heavy atom. The summed E-state index contributed by atoms with van der Waals surface area (Å²) >= 11 is 0. The van der Waals surface area contributed by atoms with E-state index in [4.69, 9.17) is 5.26 Å². The topological polar surface area (TPSA) is 52.8 Å². The van der Waals surface area contributed by atoms with E-state index in [1.54, 1.807) is 6.20 Å². The van der Waals surface area contributed by atoms with Crippen LogP contribution in [0.1, 0.15) is 13.3 Å². The van der Waals surface area contributed by atoms with Crippen molar-refractivity contribution < 1.29 is 0 Å². The van der Waals surface area contributed by atoms with Crippen LogP contribution in [0.3, 0.4) is 0 Å². The Kier molecular flexibility index (Phi) is 3.71. The molecule has 0 radical (unpaired) electrons. The fraction of sp³-hybridized carbons (Fsp3) is 0.444. The van der Waals surface area contributed by atoms with E-state index in [0.717, 1.165) is 12.4 Å². The number of nitriles is 1. The normalized spacial score (nSPS) is 9.23. The smallest absolute Gasteiger partial charge is 0.151 e. The zero-order valence-electron chi connectivity index (χ0n) is 7.64. The van der Waals surface area contributed by atoms with E-state index in [0.29, 0.717) is 13.0 Å². The molecule has 0 N–H and O–H groups in total. The van der Waals surface area contributed by atoms with E-state index in [1.807, 2.05) is 24.0 Å². The Balaban J connectivity index is 2.63. The monoisotopic (exact) mass is 176 g/mol. The van der Waals surface area contributed by atoms with Crippen LogP contribution >= 0.6 is 0 Å². The lowest BCUT2D eigenvalue weighted by Crippen LogP contribution is -2.24. The van der Waals surface area contributed by atoms with Crippen molar-refractivity contribution in [2.45, 2.75) is 13.3 Å². The van der Waals surface area contributed by atoms with Crippen LogP contribution in [0.2, 0.25) is 0 Å². The summed E-state index contributed by atoms with van der Waals surface area (Å²) in [5, 5.41) is 16.2. The first kappa shape index (κ1) is 9.46. The zero-order chi connectivity index (χ0) is 9.52. The highest BCUT2D eigenvalue weighted by molar-refractivity contribution is 5.35. The Morgan fingerprint density at radius 3 is 3.00 bits per heavy atom. The van der Waals surface area contributed by atoms with Gasteiger partial charge in [0.2, 0.25) is 0 Å². The van der Waals surface area contributed by atoms with Gasteiger partial charge in [-0.15, -0.1) is 5.10 Å². The van der Waals surface area contributed by atoms with Gasteiger partial charge in [0.1, 0.15) is 0 Å². The van der Waals surface area contributed by atoms with Crippen LogP contribution in [-0.4, -0.2) is 23.3 Å². The summed E-state index contributed by atoms with van der Waals surface area (Å²) in [7, 11) is 0. The molecule has 1 rings (SSSR count). The van der Waals surface area contributed by atoms with Gasteiger partial charge in [-0.2, -0.15) is 10.4 Å². The number of aromatic nitrogens is 2. The Hall–Kier alpha value is -1.63. The van der Waals surface area contributed by atoms with Gasteiger partial charge in [0.15, 0.2) is 5.82 Å². The molecule has 1 heterocycles. The van der Waals surface area contributed by atoms with Gasteiger partial charge in [-0.3, -0.25) is 0 Å². The molecule has 4 heteroatoms. The van der Waals surface area contributed by atoms with Crippen LogP contribution < -0.4 is 4.90 Å². The predicted octanol–water partition coefficient (Wildman–Crippen LogP) is 1.22. The van der Waals surface area contributed by atoms with Gasteiger partial charge in [0, 0.05) is 19.3 Å². The number of anilines is 1. The Morgan fingerprint density at radius 1 is 1.62 bits per heavy atom. The summed E-state index contributed by atoms with van der Waals surface area (Å²) in [4.78, 5) is 2.02. The third-order valence-electron chi connectivity index (χ3n) is 1.76. The molecular formula is C9H12N4. The molecule has 0 atom stereocenters. The van der Waals surface area contributed by atoms with Crippen LogP contribution in [0.5, 0.6) is 0 Å². The fourth-order valence-electron chi connectivity index (χ4n) is 1.08. The summed E-state index contributed by atoms with van der Waals surface area (Å²) in [5.74, 6) is 0.834. The number of hydrogen-bond acceptors (Lipinski definition) is 4. The van der Waals surface area contributed by atoms with Crippen molar-refractivity contribution in [3.05, 3.63) is 18.3 Å². The van der Waals surface area contributed by atoms with Crippen LogP contribution in [0.15, 0.2) is 18.3 Å². The van der Waals surface area contributed by atoms with E-state index in [-0.39, 0.29) is 0 Å². The quantitative estimate of drug-likeness (QED) is 0.692. The van der Waals surface area contributed by atoms with Crippen molar-refractivity contribution in [3.8, 4) is 6.07 Å². The largest absolute Gasteiger partial charge is 0.354 e. The maximum atomic E-state index is 8.44. The van der Waals surface area contributed by atoms with E-state index in [2.05, 4.69) is 16.3 Å². The standard InChI is InChI=1S/C9H12N4/c1-2-13(8-4-6-10)9-5-3-7-11-12-9/h3,5,7H,2,4,8H2,1H3. The lowest BCUT2D eigenvalue weighted by atomic mass is 10.4. The maximum absolute atomic E-state index is 8.44. The predicted molar refractivity (Wildman–Crippen MR) is 50.1 cm³/mol. The molecule has 1 aromatic heterocycles. The van der Waals surface area contributed by atoms with Crippen molar-refractivity contribution >= 4 is 5.82 Å². The molecule has 4 nitrogen and oxygen atoms in total. The minimum atomic E-state index is 0.518. The summed E-state index contributed by atoms with van der Waals surface area (Å²) < 4.78 is 0. The van der Waals surface area contributed by atoms with Crippen LogP contribution in [0, 0.1) is 11.3 Å². The molecule has 13 heavy (non-hydrogen) atoms. The molecule has 0 aromatic carbocycles. The van der Waals surface area contributed by atoms with Gasteiger partial charge >= 0.3 is 0 Å². The van der Waals surface area contributed by atoms with Gasteiger partial charge in [-0.1, -0.05) is 0 Å². The molecule has 0 spiro atoms. The summed E-state index contributed by atoms with van der Waals surface area (Å²) in [5.41, 5.74) is 0. The molecule has 0 fully saturated rings. The third-order valence-corrected chi connectivity index (χ3v) is 1.76. The van der Waals surface area contributed by atoms with Gasteiger partial charge in [-0.05, 0) is 19.1 Å². The fourth-order valence-corrected chi connectivity index (χ4v) is 1.08. The molecule has 0 amide bonds. The second-order valence-corrected chi connectivity index (χ2v) is 2.57. The van der Waals surface area contributed by atoms with Gasteiger partial charge in [0.05, 0.1) is 12.5 Å². The first-order valence-electron chi connectivity index (χ1n) is 4.28. The van der Waals surface area contributed by atoms with E-state index in [1.165, 1.54) is 0 Å². The Bertz CT molecular complexity index is 277. The Labute approximate surface area is 77.8 Å². The molecule has 0 aliphatic carbocycles. The van der Waals surface area contributed by atoms with E-state index < -0.39 is 0 Å². The molecule has 0 aliphatic heterocycles. The van der Waals surface area contributed by atoms with E-state index in [9.17, 15) is 0 Å². The van der Waals surface area contributed by atoms with Crippen molar-refractivity contribution in [2.75, 3.05) is 18.0 Å². The number of hydrogen-bond donors (Lipinski definition) is 0. The summed E-state index contributed by atoms with van der Waals surface area (Å²) in [6.07, 6.45) is 2.16. The second-order valence-electron chi connectivity index (χ2n) is 2.57. The van der Waals surface area contributed by atoms with Crippen molar-refractivity contribution in [2.24, 2.45) is 0 Å². The SMILES string of the molecule is CCN(CCC#N)c1cccnn1. The molecule has 1 aromatic rings. The molecule has 0 saturated heterocycles. The molecule has 68 valence electrons. The summed E-state index contributed by atoms with van der Waals surface area (Å²) in [6, 6.07) is 5.85. The lowest BCUT2D eigenvalue weighted by molar-refractivity contribution is 0.795.